The zero-order chi connectivity index (χ0) is 17.6. The molecule has 0 spiro atoms. The molecule has 2 heterocycles. The molecule has 0 radical (unpaired) electrons. The summed E-state index contributed by atoms with van der Waals surface area (Å²) in [5.74, 6) is 1.89. The van der Waals surface area contributed by atoms with Crippen LogP contribution in [0.1, 0.15) is 50.1 Å². The van der Waals surface area contributed by atoms with Gasteiger partial charge in [-0.15, -0.1) is 0 Å². The van der Waals surface area contributed by atoms with E-state index in [2.05, 4.69) is 4.90 Å². The summed E-state index contributed by atoms with van der Waals surface area (Å²) in [5, 5.41) is 0. The molecule has 1 atom stereocenters. The average Bonchev–Trinajstić information content (AvgIpc) is 2.99. The molecular formula is C20H30N2O3. The monoisotopic (exact) mass is 346 g/mol. The summed E-state index contributed by atoms with van der Waals surface area (Å²) in [4.78, 5) is 17.3. The molecule has 1 aromatic rings. The van der Waals surface area contributed by atoms with E-state index in [0.29, 0.717) is 6.54 Å². The molecule has 0 bridgehead atoms. The van der Waals surface area contributed by atoms with Gasteiger partial charge in [-0.3, -0.25) is 9.69 Å². The molecule has 1 amide bonds. The van der Waals surface area contributed by atoms with Crippen molar-refractivity contribution in [2.75, 3.05) is 40.4 Å². The minimum absolute atomic E-state index is 0.0875. The number of hydrogen-bond donors (Lipinski definition) is 0. The maximum atomic E-state index is 13.0. The summed E-state index contributed by atoms with van der Waals surface area (Å²) < 4.78 is 10.9. The Hall–Kier alpha value is -1.75. The molecule has 5 heteroatoms. The fraction of sp³-hybridized carbons (Fsp3) is 0.650. The molecule has 0 aromatic heterocycles. The molecule has 138 valence electrons. The second kappa shape index (κ2) is 8.56. The first-order valence-electron chi connectivity index (χ1n) is 9.46. The molecule has 0 aliphatic carbocycles. The van der Waals surface area contributed by atoms with Gasteiger partial charge in [-0.2, -0.15) is 0 Å². The van der Waals surface area contributed by atoms with E-state index in [9.17, 15) is 4.79 Å². The number of carbonyl (C=O) groups excluding carboxylic acids is 1. The highest BCUT2D eigenvalue weighted by Crippen LogP contribution is 2.39. The quantitative estimate of drug-likeness (QED) is 0.821. The van der Waals surface area contributed by atoms with E-state index in [1.165, 1.54) is 25.7 Å². The van der Waals surface area contributed by atoms with E-state index >= 15 is 0 Å². The molecule has 0 N–H and O–H groups in total. The van der Waals surface area contributed by atoms with Crippen LogP contribution in [0.5, 0.6) is 11.5 Å². The van der Waals surface area contributed by atoms with Crippen molar-refractivity contribution < 1.29 is 14.3 Å². The first kappa shape index (κ1) is 18.1. The molecule has 2 aliphatic rings. The van der Waals surface area contributed by atoms with E-state index in [1.807, 2.05) is 23.1 Å². The molecule has 2 aliphatic heterocycles. The number of methoxy groups -OCH3 is 2. The fourth-order valence-electron chi connectivity index (χ4n) is 4.06. The lowest BCUT2D eigenvalue weighted by Gasteiger charge is -2.29. The Morgan fingerprint density at radius 3 is 2.48 bits per heavy atom. The van der Waals surface area contributed by atoms with E-state index in [-0.39, 0.29) is 11.9 Å². The molecule has 3 rings (SSSR count). The highest BCUT2D eigenvalue weighted by Gasteiger charge is 2.32. The molecule has 25 heavy (non-hydrogen) atoms. The van der Waals surface area contributed by atoms with Crippen LogP contribution < -0.4 is 9.47 Å². The van der Waals surface area contributed by atoms with Gasteiger partial charge in [0.25, 0.3) is 0 Å². The van der Waals surface area contributed by atoms with Crippen LogP contribution in [0.15, 0.2) is 18.2 Å². The van der Waals surface area contributed by atoms with Gasteiger partial charge in [-0.1, -0.05) is 12.8 Å². The predicted octanol–water partition coefficient (Wildman–Crippen LogP) is 3.24. The van der Waals surface area contributed by atoms with Crippen LogP contribution in [-0.2, 0) is 4.79 Å². The van der Waals surface area contributed by atoms with Crippen molar-refractivity contribution in [2.45, 2.75) is 44.6 Å². The van der Waals surface area contributed by atoms with E-state index < -0.39 is 0 Å². The van der Waals surface area contributed by atoms with Gasteiger partial charge in [0.15, 0.2) is 0 Å². The van der Waals surface area contributed by atoms with Crippen molar-refractivity contribution in [1.29, 1.82) is 0 Å². The fourth-order valence-corrected chi connectivity index (χ4v) is 4.06. The van der Waals surface area contributed by atoms with Gasteiger partial charge >= 0.3 is 0 Å². The van der Waals surface area contributed by atoms with Gasteiger partial charge in [-0.05, 0) is 57.0 Å². The Morgan fingerprint density at radius 2 is 1.80 bits per heavy atom. The van der Waals surface area contributed by atoms with Crippen LogP contribution in [0, 0.1) is 0 Å². The largest absolute Gasteiger partial charge is 0.497 e. The summed E-state index contributed by atoms with van der Waals surface area (Å²) >= 11 is 0. The third kappa shape index (κ3) is 4.27. The summed E-state index contributed by atoms with van der Waals surface area (Å²) in [7, 11) is 3.35. The number of ether oxygens (including phenoxy) is 2. The van der Waals surface area contributed by atoms with Crippen molar-refractivity contribution in [2.24, 2.45) is 0 Å². The van der Waals surface area contributed by atoms with Crippen LogP contribution in [0.2, 0.25) is 0 Å². The van der Waals surface area contributed by atoms with Crippen molar-refractivity contribution in [1.82, 2.24) is 9.80 Å². The average molecular weight is 346 g/mol. The number of hydrogen-bond acceptors (Lipinski definition) is 4. The van der Waals surface area contributed by atoms with Gasteiger partial charge < -0.3 is 14.4 Å². The molecule has 5 nitrogen and oxygen atoms in total. The number of nitrogens with zero attached hydrogens (tertiary/aromatic N) is 2. The molecule has 1 unspecified atom stereocenters. The zero-order valence-corrected chi connectivity index (χ0v) is 15.5. The lowest BCUT2D eigenvalue weighted by molar-refractivity contribution is -0.133. The standard InChI is InChI=1S/C20H30N2O3/c1-24-16-9-10-19(25-2)17(14-16)18-8-7-13-22(18)20(23)15-21-11-5-3-4-6-12-21/h9-10,14,18H,3-8,11-13,15H2,1-2H3. The second-order valence-electron chi connectivity index (χ2n) is 7.04. The highest BCUT2D eigenvalue weighted by atomic mass is 16.5. The second-order valence-corrected chi connectivity index (χ2v) is 7.04. The van der Waals surface area contributed by atoms with Crippen molar-refractivity contribution in [3.8, 4) is 11.5 Å². The SMILES string of the molecule is COc1ccc(OC)c(C2CCCN2C(=O)CN2CCCCCC2)c1. The van der Waals surface area contributed by atoms with Gasteiger partial charge in [-0.25, -0.2) is 0 Å². The maximum absolute atomic E-state index is 13.0. The minimum atomic E-state index is 0.0875. The highest BCUT2D eigenvalue weighted by molar-refractivity contribution is 5.79. The number of likely N-dealkylation sites (tertiary alicyclic amines) is 2. The number of benzene rings is 1. The lowest BCUT2D eigenvalue weighted by atomic mass is 10.0. The number of carbonyl (C=O) groups is 1. The lowest BCUT2D eigenvalue weighted by Crippen LogP contribution is -2.40. The number of amides is 1. The molecular weight excluding hydrogens is 316 g/mol. The van der Waals surface area contributed by atoms with Gasteiger partial charge in [0.1, 0.15) is 11.5 Å². The summed E-state index contributed by atoms with van der Waals surface area (Å²) in [6, 6.07) is 5.94. The molecule has 2 saturated heterocycles. The van der Waals surface area contributed by atoms with Gasteiger partial charge in [0.2, 0.25) is 5.91 Å². The summed E-state index contributed by atoms with van der Waals surface area (Å²) in [6.45, 7) is 3.47. The Balaban J connectivity index is 1.74. The topological polar surface area (TPSA) is 42.0 Å². The Labute approximate surface area is 150 Å². The van der Waals surface area contributed by atoms with E-state index in [0.717, 1.165) is 49.5 Å². The normalized spacial score (nSPS) is 21.8. The van der Waals surface area contributed by atoms with E-state index in [4.69, 9.17) is 9.47 Å². The van der Waals surface area contributed by atoms with Crippen molar-refractivity contribution in [3.63, 3.8) is 0 Å². The van der Waals surface area contributed by atoms with Crippen molar-refractivity contribution >= 4 is 5.91 Å². The van der Waals surface area contributed by atoms with Crippen LogP contribution in [0.4, 0.5) is 0 Å². The molecule has 0 saturated carbocycles. The summed E-state index contributed by atoms with van der Waals surface area (Å²) in [6.07, 6.45) is 7.02. The van der Waals surface area contributed by atoms with Crippen LogP contribution in [0.3, 0.4) is 0 Å². The first-order valence-corrected chi connectivity index (χ1v) is 9.46. The summed E-state index contributed by atoms with van der Waals surface area (Å²) in [5.41, 5.74) is 1.06. The van der Waals surface area contributed by atoms with Crippen LogP contribution >= 0.6 is 0 Å². The Bertz CT molecular complexity index is 582. The number of rotatable bonds is 5. The smallest absolute Gasteiger partial charge is 0.237 e. The third-order valence-electron chi connectivity index (χ3n) is 5.43. The minimum Gasteiger partial charge on any atom is -0.497 e. The van der Waals surface area contributed by atoms with Crippen molar-refractivity contribution in [3.05, 3.63) is 23.8 Å². The molecule has 2 fully saturated rings. The Kier molecular flexibility index (Phi) is 6.19. The Morgan fingerprint density at radius 1 is 1.04 bits per heavy atom. The third-order valence-corrected chi connectivity index (χ3v) is 5.43. The van der Waals surface area contributed by atoms with Gasteiger partial charge in [0, 0.05) is 12.1 Å². The van der Waals surface area contributed by atoms with Crippen LogP contribution in [-0.4, -0.2) is 56.1 Å². The van der Waals surface area contributed by atoms with E-state index in [1.54, 1.807) is 14.2 Å². The first-order chi connectivity index (χ1) is 12.2. The maximum Gasteiger partial charge on any atom is 0.237 e. The van der Waals surface area contributed by atoms with Crippen LogP contribution in [0.25, 0.3) is 0 Å². The van der Waals surface area contributed by atoms with Gasteiger partial charge in [0.05, 0.1) is 26.8 Å². The predicted molar refractivity (Wildman–Crippen MR) is 98.1 cm³/mol. The zero-order valence-electron chi connectivity index (χ0n) is 15.5. The molecule has 1 aromatic carbocycles.